The Bertz CT molecular complexity index is 429. The molecule has 0 radical (unpaired) electrons. The lowest BCUT2D eigenvalue weighted by atomic mass is 10.1. The van der Waals surface area contributed by atoms with Crippen molar-refractivity contribution in [2.75, 3.05) is 5.32 Å². The Morgan fingerprint density at radius 2 is 2.19 bits per heavy atom. The summed E-state index contributed by atoms with van der Waals surface area (Å²) in [6.07, 6.45) is 0. The predicted molar refractivity (Wildman–Crippen MR) is 60.1 cm³/mol. The van der Waals surface area contributed by atoms with Gasteiger partial charge in [0.1, 0.15) is 0 Å². The van der Waals surface area contributed by atoms with Crippen LogP contribution in [0.2, 0.25) is 0 Å². The van der Waals surface area contributed by atoms with Gasteiger partial charge in [0, 0.05) is 17.8 Å². The van der Waals surface area contributed by atoms with Gasteiger partial charge < -0.3 is 11.1 Å². The zero-order chi connectivity index (χ0) is 12.3. The molecule has 1 rings (SSSR count). The first kappa shape index (κ1) is 12.1. The van der Waals surface area contributed by atoms with E-state index >= 15 is 0 Å². The fourth-order valence-electron chi connectivity index (χ4n) is 1.15. The molecule has 0 bridgehead atoms. The van der Waals surface area contributed by atoms with Gasteiger partial charge >= 0.3 is 0 Å². The molecule has 1 amide bonds. The number of nitrogens with one attached hydrogen (secondary N) is 1. The van der Waals surface area contributed by atoms with Crippen LogP contribution in [-0.4, -0.2) is 16.9 Å². The molecule has 0 spiro atoms. The number of amides is 1. The topological polar surface area (TPSA) is 98.3 Å². The number of hydrogen-bond donors (Lipinski definition) is 2. The second-order valence-electron chi connectivity index (χ2n) is 3.53. The van der Waals surface area contributed by atoms with Gasteiger partial charge in [-0.3, -0.25) is 14.9 Å². The maximum Gasteiger partial charge on any atom is 0.269 e. The normalized spacial score (nSPS) is 11.9. The molecule has 0 saturated heterocycles. The largest absolute Gasteiger partial charge is 0.324 e. The molecule has 0 heterocycles. The fraction of sp³-hybridized carbons (Fsp3) is 0.300. The summed E-state index contributed by atoms with van der Waals surface area (Å²) < 4.78 is 0. The number of non-ortho nitro benzene ring substituents is 1. The lowest BCUT2D eigenvalue weighted by Crippen LogP contribution is -2.32. The molecule has 3 N–H and O–H groups in total. The van der Waals surface area contributed by atoms with Crippen molar-refractivity contribution in [2.24, 2.45) is 5.73 Å². The van der Waals surface area contributed by atoms with Crippen LogP contribution in [0, 0.1) is 17.0 Å². The highest BCUT2D eigenvalue weighted by atomic mass is 16.6. The molecule has 1 aromatic carbocycles. The maximum atomic E-state index is 11.3. The van der Waals surface area contributed by atoms with Crippen LogP contribution >= 0.6 is 0 Å². The first-order valence-corrected chi connectivity index (χ1v) is 4.73. The van der Waals surface area contributed by atoms with Crippen LogP contribution in [0.15, 0.2) is 18.2 Å². The summed E-state index contributed by atoms with van der Waals surface area (Å²) in [4.78, 5) is 21.3. The molecular weight excluding hydrogens is 210 g/mol. The lowest BCUT2D eigenvalue weighted by molar-refractivity contribution is -0.384. The fourth-order valence-corrected chi connectivity index (χ4v) is 1.15. The standard InChI is InChI=1S/C10H13N3O3/c1-6-5-8(13(15)16)3-4-9(6)12-10(14)7(2)11/h3-5,7H,11H2,1-2H3,(H,12,14)/t7-/m0/s1. The summed E-state index contributed by atoms with van der Waals surface area (Å²) in [6, 6.07) is 3.61. The van der Waals surface area contributed by atoms with E-state index in [1.807, 2.05) is 0 Å². The van der Waals surface area contributed by atoms with Crippen molar-refractivity contribution in [2.45, 2.75) is 19.9 Å². The van der Waals surface area contributed by atoms with Gasteiger partial charge in [-0.25, -0.2) is 0 Å². The lowest BCUT2D eigenvalue weighted by Gasteiger charge is -2.09. The van der Waals surface area contributed by atoms with E-state index in [0.29, 0.717) is 11.3 Å². The van der Waals surface area contributed by atoms with Crippen LogP contribution in [0.1, 0.15) is 12.5 Å². The number of hydrogen-bond acceptors (Lipinski definition) is 4. The molecule has 0 aliphatic heterocycles. The molecule has 0 aliphatic rings. The number of nitrogens with two attached hydrogens (primary N) is 1. The third-order valence-electron chi connectivity index (χ3n) is 2.09. The number of benzene rings is 1. The zero-order valence-electron chi connectivity index (χ0n) is 9.06. The highest BCUT2D eigenvalue weighted by Crippen LogP contribution is 2.21. The highest BCUT2D eigenvalue weighted by molar-refractivity contribution is 5.95. The van der Waals surface area contributed by atoms with Gasteiger partial charge in [-0.05, 0) is 25.5 Å². The Morgan fingerprint density at radius 1 is 1.56 bits per heavy atom. The minimum absolute atomic E-state index is 0.00343. The highest BCUT2D eigenvalue weighted by Gasteiger charge is 2.12. The van der Waals surface area contributed by atoms with Gasteiger partial charge in [-0.15, -0.1) is 0 Å². The van der Waals surface area contributed by atoms with Crippen LogP contribution in [-0.2, 0) is 4.79 Å². The third kappa shape index (κ3) is 2.77. The number of aryl methyl sites for hydroxylation is 1. The van der Waals surface area contributed by atoms with Crippen molar-refractivity contribution >= 4 is 17.3 Å². The number of carbonyl (C=O) groups is 1. The Balaban J connectivity index is 2.91. The third-order valence-corrected chi connectivity index (χ3v) is 2.09. The van der Waals surface area contributed by atoms with E-state index in [1.54, 1.807) is 13.8 Å². The van der Waals surface area contributed by atoms with Crippen molar-refractivity contribution < 1.29 is 9.72 Å². The molecule has 86 valence electrons. The van der Waals surface area contributed by atoms with Crippen LogP contribution in [0.25, 0.3) is 0 Å². The van der Waals surface area contributed by atoms with Gasteiger partial charge in [0.25, 0.3) is 5.69 Å². The monoisotopic (exact) mass is 223 g/mol. The van der Waals surface area contributed by atoms with E-state index in [9.17, 15) is 14.9 Å². The average Bonchev–Trinajstić information content (AvgIpc) is 2.20. The van der Waals surface area contributed by atoms with E-state index in [1.165, 1.54) is 18.2 Å². The van der Waals surface area contributed by atoms with Crippen molar-refractivity contribution in [3.8, 4) is 0 Å². The van der Waals surface area contributed by atoms with Crippen LogP contribution in [0.3, 0.4) is 0 Å². The number of nitro benzene ring substituents is 1. The predicted octanol–water partition coefficient (Wildman–Crippen LogP) is 1.19. The molecule has 0 aromatic heterocycles. The molecule has 1 aromatic rings. The molecule has 1 atom stereocenters. The van der Waals surface area contributed by atoms with Crippen LogP contribution < -0.4 is 11.1 Å². The Hall–Kier alpha value is -1.95. The minimum Gasteiger partial charge on any atom is -0.324 e. The molecule has 0 fully saturated rings. The molecule has 16 heavy (non-hydrogen) atoms. The number of nitro groups is 1. The van der Waals surface area contributed by atoms with Crippen molar-refractivity contribution in [1.82, 2.24) is 0 Å². The Morgan fingerprint density at radius 3 is 2.62 bits per heavy atom. The zero-order valence-corrected chi connectivity index (χ0v) is 9.06. The molecular formula is C10H13N3O3. The Kier molecular flexibility index (Phi) is 3.57. The van der Waals surface area contributed by atoms with Crippen molar-refractivity contribution in [3.63, 3.8) is 0 Å². The first-order valence-electron chi connectivity index (χ1n) is 4.73. The van der Waals surface area contributed by atoms with E-state index in [0.717, 1.165) is 0 Å². The SMILES string of the molecule is Cc1cc([N+](=O)[O-])ccc1NC(=O)[C@H](C)N. The van der Waals surface area contributed by atoms with Crippen molar-refractivity contribution in [3.05, 3.63) is 33.9 Å². The smallest absolute Gasteiger partial charge is 0.269 e. The summed E-state index contributed by atoms with van der Waals surface area (Å²) in [5.74, 6) is -0.322. The van der Waals surface area contributed by atoms with Gasteiger partial charge in [0.2, 0.25) is 5.91 Å². The molecule has 6 heteroatoms. The van der Waals surface area contributed by atoms with Gasteiger partial charge in [0.15, 0.2) is 0 Å². The summed E-state index contributed by atoms with van der Waals surface area (Å²) in [7, 11) is 0. The number of anilines is 1. The van der Waals surface area contributed by atoms with Gasteiger partial charge in [0.05, 0.1) is 11.0 Å². The number of nitrogens with zero attached hydrogens (tertiary/aromatic N) is 1. The van der Waals surface area contributed by atoms with Crippen LogP contribution in [0.5, 0.6) is 0 Å². The average molecular weight is 223 g/mol. The number of rotatable bonds is 3. The summed E-state index contributed by atoms with van der Waals surface area (Å²) >= 11 is 0. The minimum atomic E-state index is -0.616. The second-order valence-corrected chi connectivity index (χ2v) is 3.53. The Labute approximate surface area is 92.6 Å². The molecule has 0 saturated carbocycles. The number of carbonyl (C=O) groups excluding carboxylic acids is 1. The molecule has 0 aliphatic carbocycles. The van der Waals surface area contributed by atoms with E-state index in [4.69, 9.17) is 5.73 Å². The summed E-state index contributed by atoms with van der Waals surface area (Å²) in [5, 5.41) is 13.1. The summed E-state index contributed by atoms with van der Waals surface area (Å²) in [5.41, 5.74) is 6.55. The van der Waals surface area contributed by atoms with Gasteiger partial charge in [-0.1, -0.05) is 0 Å². The quantitative estimate of drug-likeness (QED) is 0.593. The van der Waals surface area contributed by atoms with Gasteiger partial charge in [-0.2, -0.15) is 0 Å². The maximum absolute atomic E-state index is 11.3. The second kappa shape index (κ2) is 4.71. The van der Waals surface area contributed by atoms with E-state index in [-0.39, 0.29) is 11.6 Å². The summed E-state index contributed by atoms with van der Waals surface area (Å²) in [6.45, 7) is 3.25. The van der Waals surface area contributed by atoms with Crippen LogP contribution in [0.4, 0.5) is 11.4 Å². The molecule has 6 nitrogen and oxygen atoms in total. The van der Waals surface area contributed by atoms with Crippen molar-refractivity contribution in [1.29, 1.82) is 0 Å². The van der Waals surface area contributed by atoms with E-state index < -0.39 is 11.0 Å². The molecule has 0 unspecified atom stereocenters. The van der Waals surface area contributed by atoms with E-state index in [2.05, 4.69) is 5.32 Å². The first-order chi connectivity index (χ1) is 7.41.